The average Bonchev–Trinajstić information content (AvgIpc) is 2.66. The molecule has 2 atom stereocenters. The van der Waals surface area contributed by atoms with Gasteiger partial charge < -0.3 is 10.1 Å². The molecule has 0 spiro atoms. The van der Waals surface area contributed by atoms with Gasteiger partial charge in [0, 0.05) is 5.02 Å². The summed E-state index contributed by atoms with van der Waals surface area (Å²) in [5.74, 6) is -0.533. The minimum atomic E-state index is -2.31. The third kappa shape index (κ3) is 6.68. The highest BCUT2D eigenvalue weighted by atomic mass is 35.5. The third-order valence-corrected chi connectivity index (χ3v) is 5.32. The summed E-state index contributed by atoms with van der Waals surface area (Å²) in [6.07, 6.45) is 0. The first-order valence-electron chi connectivity index (χ1n) is 9.26. The Bertz CT molecular complexity index is 1000. The fourth-order valence-corrected chi connectivity index (χ4v) is 3.59. The predicted molar refractivity (Wildman–Crippen MR) is 117 cm³/mol. The molecule has 2 rings (SSSR count). The van der Waals surface area contributed by atoms with E-state index < -0.39 is 22.7 Å². The van der Waals surface area contributed by atoms with Gasteiger partial charge in [0.1, 0.15) is 17.3 Å². The van der Waals surface area contributed by atoms with Crippen LogP contribution in [0.15, 0.2) is 40.8 Å². The Morgan fingerprint density at radius 2 is 1.97 bits per heavy atom. The quantitative estimate of drug-likeness (QED) is 0.581. The fraction of sp³-hybridized carbons (Fsp3) is 0.381. The van der Waals surface area contributed by atoms with E-state index in [1.165, 1.54) is 19.2 Å². The molecule has 0 saturated heterocycles. The molecular weight excluding hydrogens is 431 g/mol. The van der Waals surface area contributed by atoms with Crippen molar-refractivity contribution in [2.45, 2.75) is 39.2 Å². The molecule has 0 radical (unpaired) electrons. The maximum Gasteiger partial charge on any atom is 0.258 e. The first-order chi connectivity index (χ1) is 14.0. The number of rotatable bonds is 7. The van der Waals surface area contributed by atoms with Gasteiger partial charge in [0.15, 0.2) is 17.5 Å². The van der Waals surface area contributed by atoms with Crippen molar-refractivity contribution >= 4 is 34.1 Å². The number of amides is 1. The van der Waals surface area contributed by atoms with Crippen LogP contribution in [0.5, 0.6) is 5.75 Å². The normalized spacial score (nSPS) is 13.7. The van der Waals surface area contributed by atoms with E-state index in [2.05, 4.69) is 34.6 Å². The zero-order chi connectivity index (χ0) is 22.5. The van der Waals surface area contributed by atoms with Crippen molar-refractivity contribution in [3.63, 3.8) is 0 Å². The largest absolute Gasteiger partial charge is 0.484 e. The molecule has 2 aromatic carbocycles. The van der Waals surface area contributed by atoms with Gasteiger partial charge in [0.05, 0.1) is 13.2 Å². The predicted octanol–water partition coefficient (Wildman–Crippen LogP) is 4.89. The summed E-state index contributed by atoms with van der Waals surface area (Å²) in [7, 11) is -1.09. The van der Waals surface area contributed by atoms with Crippen molar-refractivity contribution < 1.29 is 22.3 Å². The lowest BCUT2D eigenvalue weighted by atomic mass is 9.87. The fourth-order valence-electron chi connectivity index (χ4n) is 2.71. The van der Waals surface area contributed by atoms with Gasteiger partial charge in [0.25, 0.3) is 5.91 Å². The van der Waals surface area contributed by atoms with Gasteiger partial charge in [-0.15, -0.1) is 0 Å². The minimum absolute atomic E-state index is 0.0702. The first kappa shape index (κ1) is 24.1. The molecule has 1 N–H and O–H groups in total. The second-order valence-electron chi connectivity index (χ2n) is 7.70. The van der Waals surface area contributed by atoms with Crippen LogP contribution in [0.2, 0.25) is 5.02 Å². The highest BCUT2D eigenvalue weighted by Gasteiger charge is 2.18. The molecule has 1 unspecified atom stereocenters. The Morgan fingerprint density at radius 3 is 2.53 bits per heavy atom. The van der Waals surface area contributed by atoms with Crippen LogP contribution >= 0.6 is 11.6 Å². The van der Waals surface area contributed by atoms with Crippen molar-refractivity contribution in [1.82, 2.24) is 5.32 Å². The van der Waals surface area contributed by atoms with Crippen molar-refractivity contribution in [3.8, 4) is 5.75 Å². The Hall–Kier alpha value is -2.16. The van der Waals surface area contributed by atoms with Gasteiger partial charge in [-0.25, -0.2) is 8.60 Å². The van der Waals surface area contributed by atoms with Gasteiger partial charge in [-0.1, -0.05) is 44.5 Å². The topological polar surface area (TPSA) is 77.0 Å². The lowest BCUT2D eigenvalue weighted by Crippen LogP contribution is -2.31. The molecule has 9 heteroatoms. The first-order valence-corrected chi connectivity index (χ1v) is 10.8. The molecular formula is C21H26ClFN2O4S. The Balaban J connectivity index is 1.97. The van der Waals surface area contributed by atoms with Crippen LogP contribution < -0.4 is 10.1 Å². The summed E-state index contributed by atoms with van der Waals surface area (Å²) in [6, 6.07) is 9.08. The summed E-state index contributed by atoms with van der Waals surface area (Å²) in [5.41, 5.74) is 1.35. The van der Waals surface area contributed by atoms with E-state index in [1.54, 1.807) is 25.1 Å². The average molecular weight is 457 g/mol. The molecule has 0 aliphatic rings. The molecule has 30 heavy (non-hydrogen) atoms. The maximum atomic E-state index is 14.1. The number of hydrogen-bond donors (Lipinski definition) is 2. The van der Waals surface area contributed by atoms with E-state index >= 15 is 0 Å². The van der Waals surface area contributed by atoms with Crippen LogP contribution in [-0.2, 0) is 25.3 Å². The van der Waals surface area contributed by atoms with E-state index in [1.807, 2.05) is 6.07 Å². The molecule has 0 aliphatic carbocycles. The highest BCUT2D eigenvalue weighted by molar-refractivity contribution is 7.69. The zero-order valence-corrected chi connectivity index (χ0v) is 19.2. The number of carbonyl (C=O) groups excluding carboxylic acids is 1. The zero-order valence-electron chi connectivity index (χ0n) is 17.5. The third-order valence-electron chi connectivity index (χ3n) is 4.31. The van der Waals surface area contributed by atoms with Gasteiger partial charge in [-0.2, -0.15) is 4.36 Å². The van der Waals surface area contributed by atoms with Crippen LogP contribution in [0.25, 0.3) is 0 Å². The Morgan fingerprint density at radius 1 is 1.27 bits per heavy atom. The molecule has 1 amide bonds. The minimum Gasteiger partial charge on any atom is -0.484 e. The summed E-state index contributed by atoms with van der Waals surface area (Å²) in [5, 5.41) is 3.31. The monoisotopic (exact) mass is 456 g/mol. The molecule has 0 saturated carbocycles. The van der Waals surface area contributed by atoms with E-state index in [9.17, 15) is 13.4 Å². The molecule has 0 fully saturated rings. The van der Waals surface area contributed by atoms with Crippen LogP contribution in [0.3, 0.4) is 0 Å². The second kappa shape index (κ2) is 10.2. The maximum absolute atomic E-state index is 14.1. The van der Waals surface area contributed by atoms with E-state index in [4.69, 9.17) is 16.3 Å². The molecule has 0 aromatic heterocycles. The molecule has 0 bridgehead atoms. The summed E-state index contributed by atoms with van der Waals surface area (Å²) < 4.78 is 39.1. The standard InChI is InChI=1S/C21H26ClFN2O4S/c1-13(14-6-9-19(18(23)10-14)25-30(27)28-5)24-20(26)12-29-15-7-8-16(17(22)11-15)21(2,3)4/h6-11,13,30H,12H2,1-5H3,(H,24,26)/t13-/m1/s1. The molecule has 0 aliphatic heterocycles. The Kier molecular flexibility index (Phi) is 8.23. The molecule has 2 aromatic rings. The van der Waals surface area contributed by atoms with Crippen molar-refractivity contribution in [3.05, 3.63) is 58.4 Å². The van der Waals surface area contributed by atoms with Crippen LogP contribution in [0, 0.1) is 5.82 Å². The number of nitrogens with one attached hydrogen (secondary N) is 1. The Labute approximate surface area is 183 Å². The molecule has 0 heterocycles. The number of ether oxygens (including phenoxy) is 1. The lowest BCUT2D eigenvalue weighted by molar-refractivity contribution is -0.123. The highest BCUT2D eigenvalue weighted by Crippen LogP contribution is 2.32. The van der Waals surface area contributed by atoms with E-state index in [-0.39, 0.29) is 23.6 Å². The molecule has 164 valence electrons. The number of hydrogen-bond acceptors (Lipinski definition) is 5. The second-order valence-corrected chi connectivity index (χ2v) is 9.15. The summed E-state index contributed by atoms with van der Waals surface area (Å²) in [6.45, 7) is 7.69. The van der Waals surface area contributed by atoms with E-state index in [0.29, 0.717) is 16.3 Å². The van der Waals surface area contributed by atoms with Crippen LogP contribution in [0.1, 0.15) is 44.9 Å². The number of halogens is 2. The van der Waals surface area contributed by atoms with Gasteiger partial charge in [-0.3, -0.25) is 8.98 Å². The number of thiol groups is 1. The van der Waals surface area contributed by atoms with Gasteiger partial charge in [-0.05, 0) is 47.7 Å². The lowest BCUT2D eigenvalue weighted by Gasteiger charge is -2.21. The van der Waals surface area contributed by atoms with Crippen molar-refractivity contribution in [2.24, 2.45) is 4.36 Å². The number of benzene rings is 2. The number of nitrogens with zero attached hydrogens (tertiary/aromatic N) is 1. The SMILES string of the molecule is CO[SH](=O)=Nc1ccc([C@@H](C)NC(=O)COc2ccc(C(C)(C)C)c(Cl)c2)cc1F. The van der Waals surface area contributed by atoms with Gasteiger partial charge in [0.2, 0.25) is 0 Å². The number of carbonyl (C=O) groups is 1. The van der Waals surface area contributed by atoms with Gasteiger partial charge >= 0.3 is 0 Å². The molecule has 6 nitrogen and oxygen atoms in total. The summed E-state index contributed by atoms with van der Waals surface area (Å²) >= 11 is 6.31. The van der Waals surface area contributed by atoms with Crippen LogP contribution in [0.4, 0.5) is 10.1 Å². The van der Waals surface area contributed by atoms with E-state index in [0.717, 1.165) is 5.56 Å². The van der Waals surface area contributed by atoms with Crippen molar-refractivity contribution in [2.75, 3.05) is 13.7 Å². The smallest absolute Gasteiger partial charge is 0.258 e. The summed E-state index contributed by atoms with van der Waals surface area (Å²) in [4.78, 5) is 12.2. The van der Waals surface area contributed by atoms with Crippen molar-refractivity contribution in [1.29, 1.82) is 0 Å². The van der Waals surface area contributed by atoms with Crippen LogP contribution in [-0.4, -0.2) is 23.8 Å².